The summed E-state index contributed by atoms with van der Waals surface area (Å²) >= 11 is 0. The van der Waals surface area contributed by atoms with E-state index in [4.69, 9.17) is 37.0 Å². The minimum absolute atomic E-state index is 0.00852. The molecule has 0 saturated carbocycles. The molecule has 0 aliphatic carbocycles. The average Bonchev–Trinajstić information content (AvgIpc) is 0.899. The lowest BCUT2D eigenvalue weighted by Gasteiger charge is -2.21. The molecule has 0 aromatic carbocycles. The van der Waals surface area contributed by atoms with E-state index in [1.54, 1.807) is 0 Å². The van der Waals surface area contributed by atoms with Crippen LogP contribution in [-0.4, -0.2) is 96.7 Å². The molecule has 5 unspecified atom stereocenters. The normalized spacial score (nSPS) is 14.7. The number of hydrogen-bond acceptors (Lipinski definition) is 15. The Hall–Kier alpha value is -5.32. The topological polar surface area (TPSA) is 237 Å². The first-order chi connectivity index (χ1) is 51.7. The molecule has 0 aliphatic rings. The molecule has 0 amide bonds. The number of esters is 4. The highest BCUT2D eigenvalue weighted by Crippen LogP contribution is 2.45. The number of rotatable bonds is 75. The van der Waals surface area contributed by atoms with E-state index in [1.807, 2.05) is 12.2 Å². The summed E-state index contributed by atoms with van der Waals surface area (Å²) in [4.78, 5) is 73.1. The fraction of sp³-hybridized carbons (Fsp3) is 0.655. The SMILES string of the molecule is CC/C=C\C/C=C\C/C=C\C/C=C\C/C=C\CCCC(=O)OC(COC(=O)CCCCCCCC/C=C\C/C=C\C/C=C\CCCCC)COP(=O)(O)OCC(O)COP(=O)(O)OCC(COC(=O)CCCCCCCCC/C=C\C/C=C\C/C=C\CC)OC(=O)CCCCCCC/C=C\C/C=C\CCC. The molecule has 0 aliphatic heterocycles. The van der Waals surface area contributed by atoms with Gasteiger partial charge in [0.25, 0.3) is 0 Å². The lowest BCUT2D eigenvalue weighted by molar-refractivity contribution is -0.161. The van der Waals surface area contributed by atoms with E-state index in [9.17, 15) is 43.2 Å². The molecule has 604 valence electrons. The lowest BCUT2D eigenvalue weighted by atomic mass is 10.1. The van der Waals surface area contributed by atoms with Crippen LogP contribution in [0.2, 0.25) is 0 Å². The zero-order chi connectivity index (χ0) is 77.4. The Balaban J connectivity index is 5.44. The van der Waals surface area contributed by atoms with E-state index in [2.05, 4.69) is 174 Å². The van der Waals surface area contributed by atoms with Gasteiger partial charge in [0.15, 0.2) is 12.2 Å². The predicted octanol–water partition coefficient (Wildman–Crippen LogP) is 24.0. The Bertz CT molecular complexity index is 2630. The highest BCUT2D eigenvalue weighted by atomic mass is 31.2. The third kappa shape index (κ3) is 76.9. The molecular weight excluding hydrogens is 1380 g/mol. The number of unbranched alkanes of at least 4 members (excludes halogenated alkanes) is 23. The van der Waals surface area contributed by atoms with Crippen molar-refractivity contribution in [3.05, 3.63) is 158 Å². The van der Waals surface area contributed by atoms with E-state index >= 15 is 0 Å². The van der Waals surface area contributed by atoms with E-state index < -0.39 is 97.5 Å². The van der Waals surface area contributed by atoms with Gasteiger partial charge in [-0.3, -0.25) is 37.3 Å². The molecule has 0 aromatic heterocycles. The minimum Gasteiger partial charge on any atom is -0.462 e. The zero-order valence-electron chi connectivity index (χ0n) is 66.1. The van der Waals surface area contributed by atoms with Gasteiger partial charge >= 0.3 is 39.5 Å². The number of hydrogen-bond donors (Lipinski definition) is 3. The Labute approximate surface area is 642 Å². The molecule has 5 atom stereocenters. The van der Waals surface area contributed by atoms with Gasteiger partial charge in [0.05, 0.1) is 26.4 Å². The van der Waals surface area contributed by atoms with Crippen molar-refractivity contribution in [1.82, 2.24) is 0 Å². The number of carbonyl (C=O) groups is 4. The number of phosphoric acid groups is 2. The van der Waals surface area contributed by atoms with Crippen molar-refractivity contribution in [2.45, 2.75) is 329 Å². The molecular formula is C87H144O17P2. The molecule has 0 bridgehead atoms. The summed E-state index contributed by atoms with van der Waals surface area (Å²) in [5, 5.41) is 10.6. The maximum Gasteiger partial charge on any atom is 0.472 e. The third-order valence-corrected chi connectivity index (χ3v) is 18.3. The average molecular weight is 1520 g/mol. The fourth-order valence-electron chi connectivity index (χ4n) is 10.3. The number of carbonyl (C=O) groups excluding carboxylic acids is 4. The van der Waals surface area contributed by atoms with Crippen LogP contribution in [0.15, 0.2) is 158 Å². The maximum atomic E-state index is 13.1. The molecule has 0 rings (SSSR count). The van der Waals surface area contributed by atoms with Crippen molar-refractivity contribution in [2.75, 3.05) is 39.6 Å². The smallest absolute Gasteiger partial charge is 0.462 e. The van der Waals surface area contributed by atoms with Crippen LogP contribution in [0.25, 0.3) is 0 Å². The highest BCUT2D eigenvalue weighted by molar-refractivity contribution is 7.47. The maximum absolute atomic E-state index is 13.1. The molecule has 17 nitrogen and oxygen atoms in total. The molecule has 106 heavy (non-hydrogen) atoms. The Morgan fingerprint density at radius 3 is 0.830 bits per heavy atom. The van der Waals surface area contributed by atoms with Crippen molar-refractivity contribution in [3.63, 3.8) is 0 Å². The molecule has 0 heterocycles. The number of aliphatic hydroxyl groups excluding tert-OH is 1. The number of allylic oxidation sites excluding steroid dienone is 26. The van der Waals surface area contributed by atoms with Crippen LogP contribution in [0, 0.1) is 0 Å². The van der Waals surface area contributed by atoms with Crippen LogP contribution >= 0.6 is 15.6 Å². The van der Waals surface area contributed by atoms with Crippen LogP contribution < -0.4 is 0 Å². The van der Waals surface area contributed by atoms with Gasteiger partial charge in [-0.25, -0.2) is 9.13 Å². The minimum atomic E-state index is -5.00. The second-order valence-electron chi connectivity index (χ2n) is 26.6. The van der Waals surface area contributed by atoms with Gasteiger partial charge < -0.3 is 33.8 Å². The molecule has 0 radical (unpaired) electrons. The first-order valence-corrected chi connectivity index (χ1v) is 43.7. The summed E-state index contributed by atoms with van der Waals surface area (Å²) < 4.78 is 68.6. The van der Waals surface area contributed by atoms with Gasteiger partial charge in [-0.05, 0) is 161 Å². The summed E-state index contributed by atoms with van der Waals surface area (Å²) in [7, 11) is -10.00. The Kier molecular flexibility index (Phi) is 73.9. The molecule has 3 N–H and O–H groups in total. The molecule has 0 spiro atoms. The lowest BCUT2D eigenvalue weighted by Crippen LogP contribution is -2.30. The van der Waals surface area contributed by atoms with Crippen LogP contribution in [0.4, 0.5) is 0 Å². The summed E-state index contributed by atoms with van der Waals surface area (Å²) in [6, 6.07) is 0. The van der Waals surface area contributed by atoms with Crippen LogP contribution in [-0.2, 0) is 65.4 Å². The van der Waals surface area contributed by atoms with Crippen LogP contribution in [0.1, 0.15) is 310 Å². The fourth-order valence-corrected chi connectivity index (χ4v) is 11.9. The van der Waals surface area contributed by atoms with Gasteiger partial charge in [-0.15, -0.1) is 0 Å². The van der Waals surface area contributed by atoms with Crippen molar-refractivity contribution >= 4 is 39.5 Å². The van der Waals surface area contributed by atoms with E-state index in [-0.39, 0.29) is 25.7 Å². The zero-order valence-corrected chi connectivity index (χ0v) is 67.8. The van der Waals surface area contributed by atoms with Crippen molar-refractivity contribution in [1.29, 1.82) is 0 Å². The number of ether oxygens (including phenoxy) is 4. The van der Waals surface area contributed by atoms with Gasteiger partial charge in [0.2, 0.25) is 0 Å². The molecule has 0 saturated heterocycles. The number of phosphoric ester groups is 2. The summed E-state index contributed by atoms with van der Waals surface area (Å²) in [5.41, 5.74) is 0. The first-order valence-electron chi connectivity index (χ1n) is 40.7. The van der Waals surface area contributed by atoms with E-state index in [0.29, 0.717) is 32.1 Å². The molecule has 0 fully saturated rings. The summed E-state index contributed by atoms with van der Waals surface area (Å²) in [5.74, 6) is -2.29. The quantitative estimate of drug-likeness (QED) is 0.0169. The van der Waals surface area contributed by atoms with Gasteiger partial charge in [-0.2, -0.15) is 0 Å². The molecule has 19 heteroatoms. The highest BCUT2D eigenvalue weighted by Gasteiger charge is 2.30. The van der Waals surface area contributed by atoms with Gasteiger partial charge in [0.1, 0.15) is 19.3 Å². The van der Waals surface area contributed by atoms with Crippen molar-refractivity contribution < 1.29 is 80.2 Å². The largest absolute Gasteiger partial charge is 0.472 e. The van der Waals surface area contributed by atoms with E-state index in [1.165, 1.54) is 19.3 Å². The first kappa shape index (κ1) is 101. The van der Waals surface area contributed by atoms with Gasteiger partial charge in [-0.1, -0.05) is 282 Å². The van der Waals surface area contributed by atoms with Crippen molar-refractivity contribution in [3.8, 4) is 0 Å². The Morgan fingerprint density at radius 2 is 0.519 bits per heavy atom. The predicted molar refractivity (Wildman–Crippen MR) is 436 cm³/mol. The van der Waals surface area contributed by atoms with Crippen LogP contribution in [0.5, 0.6) is 0 Å². The second kappa shape index (κ2) is 77.8. The number of aliphatic hydroxyl groups is 1. The second-order valence-corrected chi connectivity index (χ2v) is 29.5. The summed E-state index contributed by atoms with van der Waals surface area (Å²) in [6.45, 7) is 4.45. The Morgan fingerprint density at radius 1 is 0.274 bits per heavy atom. The standard InChI is InChI=1S/C87H144O17P2/c1-5-9-13-17-21-25-29-33-36-39-40-43-45-49-52-56-60-64-68-72-85(90)98-78-83(104-87(92)74-70-66-62-58-54-50-46-42-38-35-31-27-23-19-15-11-7-3)80-102-106(95,96)100-76-81(88)75-99-105(93,94)101-79-82(103-86(91)73-69-65-61-57-53-47-32-28-24-20-16-12-8-4)77-97-84(89)71-67-63-59-55-51-48-44-41-37-34-30-26-22-18-14-10-6-2/h10-11,14-16,20-23,25-28,32-38,40,43,46,50,58,62,81-83,88H,5-9,12-13,17-19,24,29-31,39,41-42,44-45,47-49,51-57,59-61,63-80H2,1-4H3,(H,93,94)(H,95,96)/b14-10-,15-11-,20-16-,25-21-,26-22-,27-23-,32-28-,36-33-,37-34-,38-35-,43-40-,50-46-,62-58-. The van der Waals surface area contributed by atoms with E-state index in [0.717, 1.165) is 205 Å². The molecule has 0 aromatic rings. The third-order valence-electron chi connectivity index (χ3n) is 16.4. The monoisotopic (exact) mass is 1520 g/mol. The van der Waals surface area contributed by atoms with Gasteiger partial charge in [0, 0.05) is 25.7 Å². The van der Waals surface area contributed by atoms with Crippen molar-refractivity contribution in [2.24, 2.45) is 0 Å². The summed E-state index contributed by atoms with van der Waals surface area (Å²) in [6.07, 6.45) is 90.8. The van der Waals surface area contributed by atoms with Crippen LogP contribution in [0.3, 0.4) is 0 Å².